The number of sulfonamides is 1. The van der Waals surface area contributed by atoms with Crippen molar-refractivity contribution in [3.05, 3.63) is 12.7 Å². The van der Waals surface area contributed by atoms with E-state index in [9.17, 15) is 13.2 Å². The minimum absolute atomic E-state index is 0.0341. The van der Waals surface area contributed by atoms with Crippen LogP contribution in [0.5, 0.6) is 0 Å². The van der Waals surface area contributed by atoms with Gasteiger partial charge in [-0.25, -0.2) is 8.42 Å². The monoisotopic (exact) mass is 259 g/mol. The molecule has 1 fully saturated rings. The lowest BCUT2D eigenvalue weighted by molar-refractivity contribution is -0.123. The molecule has 0 aromatic carbocycles. The van der Waals surface area contributed by atoms with E-state index in [4.69, 9.17) is 0 Å². The van der Waals surface area contributed by atoms with Gasteiger partial charge < -0.3 is 0 Å². The molecule has 0 aliphatic carbocycles. The molecular formula is C12H21NO3S. The fourth-order valence-corrected chi connectivity index (χ4v) is 3.86. The SMILES string of the molecule is C=CCCS(=O)(=O)N1CCCC[C@@H]1C(=O)CC. The lowest BCUT2D eigenvalue weighted by atomic mass is 10.00. The van der Waals surface area contributed by atoms with Gasteiger partial charge in [0.15, 0.2) is 5.78 Å². The van der Waals surface area contributed by atoms with Crippen LogP contribution in [0, 0.1) is 0 Å². The van der Waals surface area contributed by atoms with E-state index >= 15 is 0 Å². The molecule has 17 heavy (non-hydrogen) atoms. The van der Waals surface area contributed by atoms with Gasteiger partial charge in [0.25, 0.3) is 0 Å². The summed E-state index contributed by atoms with van der Waals surface area (Å²) < 4.78 is 25.6. The second kappa shape index (κ2) is 6.31. The maximum Gasteiger partial charge on any atom is 0.215 e. The predicted molar refractivity (Wildman–Crippen MR) is 68.2 cm³/mol. The number of Topliss-reactive ketones (excluding diaryl/α,β-unsaturated/α-hetero) is 1. The van der Waals surface area contributed by atoms with Gasteiger partial charge in [0.1, 0.15) is 0 Å². The zero-order chi connectivity index (χ0) is 12.9. The highest BCUT2D eigenvalue weighted by Crippen LogP contribution is 2.22. The van der Waals surface area contributed by atoms with Crippen molar-refractivity contribution in [2.45, 2.75) is 45.1 Å². The molecule has 98 valence electrons. The molecule has 0 aromatic heterocycles. The molecule has 0 amide bonds. The molecule has 1 atom stereocenters. The molecule has 1 aliphatic rings. The van der Waals surface area contributed by atoms with Gasteiger partial charge in [0, 0.05) is 13.0 Å². The topological polar surface area (TPSA) is 54.5 Å². The molecule has 0 spiro atoms. The normalized spacial score (nSPS) is 22.3. The maximum atomic E-state index is 12.1. The van der Waals surface area contributed by atoms with Crippen molar-refractivity contribution in [3.63, 3.8) is 0 Å². The fraction of sp³-hybridized carbons (Fsp3) is 0.750. The Morgan fingerprint density at radius 2 is 2.18 bits per heavy atom. The van der Waals surface area contributed by atoms with Gasteiger partial charge in [-0.05, 0) is 19.3 Å². The lowest BCUT2D eigenvalue weighted by Crippen LogP contribution is -2.48. The highest BCUT2D eigenvalue weighted by atomic mass is 32.2. The highest BCUT2D eigenvalue weighted by molar-refractivity contribution is 7.89. The predicted octanol–water partition coefficient (Wildman–Crippen LogP) is 1.73. The van der Waals surface area contributed by atoms with Crippen molar-refractivity contribution < 1.29 is 13.2 Å². The van der Waals surface area contributed by atoms with Crippen LogP contribution >= 0.6 is 0 Å². The molecule has 5 heteroatoms. The number of allylic oxidation sites excluding steroid dienone is 1. The summed E-state index contributed by atoms with van der Waals surface area (Å²) in [4.78, 5) is 11.8. The summed E-state index contributed by atoms with van der Waals surface area (Å²) in [7, 11) is -3.31. The molecule has 4 nitrogen and oxygen atoms in total. The zero-order valence-corrected chi connectivity index (χ0v) is 11.2. The van der Waals surface area contributed by atoms with Gasteiger partial charge in [0.2, 0.25) is 10.0 Å². The molecule has 1 rings (SSSR count). The van der Waals surface area contributed by atoms with Gasteiger partial charge in [-0.1, -0.05) is 19.4 Å². The number of piperidine rings is 1. The van der Waals surface area contributed by atoms with E-state index in [1.54, 1.807) is 13.0 Å². The van der Waals surface area contributed by atoms with Crippen LogP contribution in [0.25, 0.3) is 0 Å². The molecule has 0 bridgehead atoms. The van der Waals surface area contributed by atoms with E-state index in [1.165, 1.54) is 4.31 Å². The van der Waals surface area contributed by atoms with E-state index in [2.05, 4.69) is 6.58 Å². The quantitative estimate of drug-likeness (QED) is 0.683. The number of carbonyl (C=O) groups is 1. The van der Waals surface area contributed by atoms with E-state index in [0.717, 1.165) is 12.8 Å². The number of rotatable bonds is 6. The first-order valence-electron chi connectivity index (χ1n) is 6.16. The van der Waals surface area contributed by atoms with E-state index in [-0.39, 0.29) is 11.5 Å². The van der Waals surface area contributed by atoms with Crippen LogP contribution in [0.1, 0.15) is 39.0 Å². The third-order valence-corrected chi connectivity index (χ3v) is 5.01. The van der Waals surface area contributed by atoms with Crippen LogP contribution in [0.2, 0.25) is 0 Å². The molecule has 0 N–H and O–H groups in total. The van der Waals surface area contributed by atoms with Gasteiger partial charge >= 0.3 is 0 Å². The van der Waals surface area contributed by atoms with Crippen molar-refractivity contribution in [1.82, 2.24) is 4.31 Å². The average Bonchev–Trinajstić information content (AvgIpc) is 2.35. The van der Waals surface area contributed by atoms with Crippen molar-refractivity contribution >= 4 is 15.8 Å². The number of hydrogen-bond donors (Lipinski definition) is 0. The number of nitrogens with zero attached hydrogens (tertiary/aromatic N) is 1. The molecular weight excluding hydrogens is 238 g/mol. The van der Waals surface area contributed by atoms with Gasteiger partial charge in [-0.2, -0.15) is 4.31 Å². The van der Waals surface area contributed by atoms with E-state index < -0.39 is 16.1 Å². The second-order valence-corrected chi connectivity index (χ2v) is 6.38. The Labute approximate surface area is 104 Å². The van der Waals surface area contributed by atoms with Crippen molar-refractivity contribution in [1.29, 1.82) is 0 Å². The van der Waals surface area contributed by atoms with Crippen LogP contribution in [0.15, 0.2) is 12.7 Å². The molecule has 0 aromatic rings. The molecule has 1 saturated heterocycles. The first kappa shape index (κ1) is 14.4. The minimum atomic E-state index is -3.31. The van der Waals surface area contributed by atoms with E-state index in [1.807, 2.05) is 0 Å². The van der Waals surface area contributed by atoms with Crippen LogP contribution in [-0.4, -0.2) is 36.8 Å². The summed E-state index contributed by atoms with van der Waals surface area (Å²) in [6.07, 6.45) is 4.88. The zero-order valence-electron chi connectivity index (χ0n) is 10.4. The van der Waals surface area contributed by atoms with Gasteiger partial charge in [-0.3, -0.25) is 4.79 Å². The summed E-state index contributed by atoms with van der Waals surface area (Å²) in [5, 5.41) is 0. The summed E-state index contributed by atoms with van der Waals surface area (Å²) >= 11 is 0. The lowest BCUT2D eigenvalue weighted by Gasteiger charge is -2.33. The summed E-state index contributed by atoms with van der Waals surface area (Å²) in [5.41, 5.74) is 0. The van der Waals surface area contributed by atoms with Crippen molar-refractivity contribution in [3.8, 4) is 0 Å². The largest absolute Gasteiger partial charge is 0.298 e. The average molecular weight is 259 g/mol. The van der Waals surface area contributed by atoms with Crippen LogP contribution in [0.4, 0.5) is 0 Å². The Morgan fingerprint density at radius 3 is 2.76 bits per heavy atom. The molecule has 0 saturated carbocycles. The maximum absolute atomic E-state index is 12.1. The van der Waals surface area contributed by atoms with Gasteiger partial charge in [-0.15, -0.1) is 6.58 Å². The number of ketones is 1. The molecule has 0 unspecified atom stereocenters. The first-order valence-corrected chi connectivity index (χ1v) is 7.77. The minimum Gasteiger partial charge on any atom is -0.298 e. The van der Waals surface area contributed by atoms with Crippen LogP contribution in [-0.2, 0) is 14.8 Å². The second-order valence-electron chi connectivity index (χ2n) is 4.34. The smallest absolute Gasteiger partial charge is 0.215 e. The molecule has 1 heterocycles. The summed E-state index contributed by atoms with van der Waals surface area (Å²) in [6.45, 7) is 5.79. The number of hydrogen-bond acceptors (Lipinski definition) is 3. The Balaban J connectivity index is 2.83. The number of carbonyl (C=O) groups excluding carboxylic acids is 1. The third kappa shape index (κ3) is 3.64. The fourth-order valence-electron chi connectivity index (χ4n) is 2.14. The van der Waals surface area contributed by atoms with Crippen LogP contribution in [0.3, 0.4) is 0 Å². The Hall–Kier alpha value is -0.680. The highest BCUT2D eigenvalue weighted by Gasteiger charge is 2.34. The third-order valence-electron chi connectivity index (χ3n) is 3.11. The molecule has 1 aliphatic heterocycles. The molecule has 0 radical (unpaired) electrons. The standard InChI is InChI=1S/C12H21NO3S/c1-3-5-10-17(15,16)13-9-7-6-8-11(13)12(14)4-2/h3,11H,1,4-10H2,2H3/t11-/m1/s1. The van der Waals surface area contributed by atoms with Crippen LogP contribution < -0.4 is 0 Å². The van der Waals surface area contributed by atoms with Crippen molar-refractivity contribution in [2.75, 3.05) is 12.3 Å². The van der Waals surface area contributed by atoms with E-state index in [0.29, 0.717) is 25.8 Å². The Bertz CT molecular complexity index is 375. The summed E-state index contributed by atoms with van der Waals surface area (Å²) in [6, 6.07) is -0.427. The van der Waals surface area contributed by atoms with Gasteiger partial charge in [0.05, 0.1) is 11.8 Å². The van der Waals surface area contributed by atoms with Crippen molar-refractivity contribution in [2.24, 2.45) is 0 Å². The summed E-state index contributed by atoms with van der Waals surface area (Å²) in [5.74, 6) is 0.0937. The first-order chi connectivity index (χ1) is 8.03. The Kier molecular flexibility index (Phi) is 5.33. The Morgan fingerprint density at radius 1 is 1.47 bits per heavy atom.